The number of carbonyl (C=O) groups excluding carboxylic acids is 1. The summed E-state index contributed by atoms with van der Waals surface area (Å²) in [5.74, 6) is 0.0235. The molecule has 2 rings (SSSR count). The van der Waals surface area contributed by atoms with Crippen LogP contribution in [0, 0.1) is 13.8 Å². The first-order valence-corrected chi connectivity index (χ1v) is 6.90. The summed E-state index contributed by atoms with van der Waals surface area (Å²) in [4.78, 5) is 14.6. The van der Waals surface area contributed by atoms with Gasteiger partial charge in [0, 0.05) is 36.4 Å². The molecule has 4 nitrogen and oxygen atoms in total. The Morgan fingerprint density at radius 1 is 1.29 bits per heavy atom. The van der Waals surface area contributed by atoms with Crippen molar-refractivity contribution >= 4 is 23.0 Å². The molecule has 0 aliphatic heterocycles. The Morgan fingerprint density at radius 3 is 2.48 bits per heavy atom. The molecule has 1 aromatic carbocycles. The fourth-order valence-electron chi connectivity index (χ4n) is 1.94. The molecule has 0 N–H and O–H groups in total. The Labute approximate surface area is 129 Å². The molecule has 0 aliphatic carbocycles. The molecule has 0 saturated heterocycles. The summed E-state index contributed by atoms with van der Waals surface area (Å²) in [6, 6.07) is 7.24. The van der Waals surface area contributed by atoms with Gasteiger partial charge in [-0.2, -0.15) is 0 Å². The van der Waals surface area contributed by atoms with E-state index in [1.165, 1.54) is 0 Å². The van der Waals surface area contributed by atoms with E-state index in [1.807, 2.05) is 39.2 Å². The number of rotatable bonds is 4. The van der Waals surface area contributed by atoms with Crippen LogP contribution in [0.5, 0.6) is 0 Å². The van der Waals surface area contributed by atoms with Gasteiger partial charge >= 0.3 is 0 Å². The molecular weight excluding hydrogens is 288 g/mol. The van der Waals surface area contributed by atoms with Crippen LogP contribution in [0.3, 0.4) is 0 Å². The first-order valence-electron chi connectivity index (χ1n) is 6.52. The second-order valence-corrected chi connectivity index (χ2v) is 5.44. The van der Waals surface area contributed by atoms with Gasteiger partial charge in [-0.15, -0.1) is 0 Å². The van der Waals surface area contributed by atoms with Gasteiger partial charge in [0.05, 0.1) is 11.3 Å². The van der Waals surface area contributed by atoms with E-state index in [9.17, 15) is 4.79 Å². The molecule has 0 atom stereocenters. The summed E-state index contributed by atoms with van der Waals surface area (Å²) >= 11 is 6.22. The van der Waals surface area contributed by atoms with Gasteiger partial charge in [-0.25, -0.2) is 0 Å². The third-order valence-corrected chi connectivity index (χ3v) is 3.49. The maximum atomic E-state index is 12.8. The Morgan fingerprint density at radius 2 is 1.95 bits per heavy atom. The summed E-state index contributed by atoms with van der Waals surface area (Å²) in [6.07, 6.45) is 1.74. The second kappa shape index (κ2) is 6.14. The number of carbonyl (C=O) groups is 1. The molecular formula is C16H17ClN2O2. The minimum Gasteiger partial charge on any atom is -0.383 e. The molecule has 0 bridgehead atoms. The van der Waals surface area contributed by atoms with Crippen molar-refractivity contribution in [3.8, 4) is 0 Å². The molecule has 0 saturated carbocycles. The number of hydrogen-bond donors (Lipinski definition) is 0. The van der Waals surface area contributed by atoms with Crippen molar-refractivity contribution in [2.45, 2.75) is 13.8 Å². The minimum absolute atomic E-state index is 0.227. The van der Waals surface area contributed by atoms with Gasteiger partial charge in [-0.1, -0.05) is 35.0 Å². The fourth-order valence-corrected chi connectivity index (χ4v) is 2.18. The van der Waals surface area contributed by atoms with E-state index in [-0.39, 0.29) is 11.5 Å². The third kappa shape index (κ3) is 3.16. The number of allylic oxidation sites excluding steroid dienone is 1. The molecule has 1 heterocycles. The lowest BCUT2D eigenvalue weighted by Crippen LogP contribution is -2.10. The highest BCUT2D eigenvalue weighted by molar-refractivity contribution is 6.36. The Balaban J connectivity index is 2.55. The quantitative estimate of drug-likeness (QED) is 0.638. The summed E-state index contributed by atoms with van der Waals surface area (Å²) in [5, 5.41) is 4.37. The van der Waals surface area contributed by atoms with Crippen LogP contribution in [0.15, 0.2) is 35.0 Å². The number of Topliss-reactive ketones (excluding diaryl/α,β-unsaturated/α-hetero) is 1. The van der Waals surface area contributed by atoms with Crippen LogP contribution in [-0.2, 0) is 0 Å². The van der Waals surface area contributed by atoms with Crippen molar-refractivity contribution in [1.82, 2.24) is 10.1 Å². The highest BCUT2D eigenvalue weighted by atomic mass is 35.5. The first kappa shape index (κ1) is 15.3. The number of hydrogen-bond acceptors (Lipinski definition) is 4. The predicted octanol–water partition coefficient (Wildman–Crippen LogP) is 3.73. The third-order valence-electron chi connectivity index (χ3n) is 3.16. The monoisotopic (exact) mass is 304 g/mol. The Hall–Kier alpha value is -2.07. The Bertz CT molecular complexity index is 702. The molecule has 0 fully saturated rings. The zero-order valence-electron chi connectivity index (χ0n) is 12.5. The zero-order valence-corrected chi connectivity index (χ0v) is 13.2. The molecule has 0 spiro atoms. The van der Waals surface area contributed by atoms with Crippen molar-refractivity contribution in [3.63, 3.8) is 0 Å². The molecule has 5 heteroatoms. The van der Waals surface area contributed by atoms with Crippen LogP contribution >= 0.6 is 11.6 Å². The van der Waals surface area contributed by atoms with Crippen molar-refractivity contribution < 1.29 is 9.32 Å². The molecule has 0 amide bonds. The van der Waals surface area contributed by atoms with Gasteiger partial charge in [0.1, 0.15) is 0 Å². The number of aryl methyl sites for hydroxylation is 1. The van der Waals surface area contributed by atoms with Crippen LogP contribution in [0.4, 0.5) is 0 Å². The predicted molar refractivity (Wildman–Crippen MR) is 83.4 cm³/mol. The smallest absolute Gasteiger partial charge is 0.233 e. The van der Waals surface area contributed by atoms with Crippen molar-refractivity contribution in [2.75, 3.05) is 14.1 Å². The second-order valence-electron chi connectivity index (χ2n) is 5.04. The summed E-state index contributed by atoms with van der Waals surface area (Å²) in [5.41, 5.74) is 2.61. The average Bonchev–Trinajstić information content (AvgIpc) is 2.76. The van der Waals surface area contributed by atoms with E-state index in [1.54, 1.807) is 24.1 Å². The number of halogens is 1. The number of aromatic nitrogens is 1. The van der Waals surface area contributed by atoms with Crippen LogP contribution < -0.4 is 0 Å². The Kier molecular flexibility index (Phi) is 4.48. The topological polar surface area (TPSA) is 46.3 Å². The number of ketones is 1. The standard InChI is InChI=1S/C16H17ClN2O2/c1-10-11(2)18-21-16(10)15(20)13(9-19(3)4)12-7-5-6-8-14(12)17/h5-9H,1-4H3. The minimum atomic E-state index is -0.227. The van der Waals surface area contributed by atoms with E-state index >= 15 is 0 Å². The van der Waals surface area contributed by atoms with Crippen LogP contribution in [0.25, 0.3) is 5.57 Å². The van der Waals surface area contributed by atoms with Crippen LogP contribution in [0.2, 0.25) is 5.02 Å². The van der Waals surface area contributed by atoms with Gasteiger partial charge in [0.25, 0.3) is 0 Å². The average molecular weight is 305 g/mol. The van der Waals surface area contributed by atoms with E-state index in [0.717, 1.165) is 5.56 Å². The largest absolute Gasteiger partial charge is 0.383 e. The zero-order chi connectivity index (χ0) is 15.6. The van der Waals surface area contributed by atoms with Crippen LogP contribution in [0.1, 0.15) is 27.4 Å². The van der Waals surface area contributed by atoms with Crippen molar-refractivity contribution in [3.05, 3.63) is 58.1 Å². The van der Waals surface area contributed by atoms with Crippen molar-refractivity contribution in [1.29, 1.82) is 0 Å². The lowest BCUT2D eigenvalue weighted by Gasteiger charge is -2.12. The number of benzene rings is 1. The molecule has 0 aliphatic rings. The first-order chi connectivity index (χ1) is 9.91. The van der Waals surface area contributed by atoms with Crippen LogP contribution in [-0.4, -0.2) is 29.9 Å². The van der Waals surface area contributed by atoms with Gasteiger partial charge in [-0.3, -0.25) is 4.79 Å². The highest BCUT2D eigenvalue weighted by Gasteiger charge is 2.23. The molecule has 2 aromatic rings. The van der Waals surface area contributed by atoms with Gasteiger partial charge in [0.2, 0.25) is 11.5 Å². The SMILES string of the molecule is Cc1noc(C(=O)C(=CN(C)C)c2ccccc2Cl)c1C. The molecule has 1 aromatic heterocycles. The van der Waals surface area contributed by atoms with Gasteiger partial charge in [0.15, 0.2) is 0 Å². The molecule has 21 heavy (non-hydrogen) atoms. The fraction of sp³-hybridized carbons (Fsp3) is 0.250. The van der Waals surface area contributed by atoms with E-state index in [4.69, 9.17) is 16.1 Å². The van der Waals surface area contributed by atoms with E-state index in [0.29, 0.717) is 21.9 Å². The maximum absolute atomic E-state index is 12.8. The summed E-state index contributed by atoms with van der Waals surface area (Å²) in [6.45, 7) is 3.62. The molecule has 0 radical (unpaired) electrons. The molecule has 110 valence electrons. The normalized spacial score (nSPS) is 11.6. The lowest BCUT2D eigenvalue weighted by atomic mass is 9.99. The maximum Gasteiger partial charge on any atom is 0.233 e. The lowest BCUT2D eigenvalue weighted by molar-refractivity contribution is 0.102. The number of nitrogens with zero attached hydrogens (tertiary/aromatic N) is 2. The van der Waals surface area contributed by atoms with E-state index < -0.39 is 0 Å². The van der Waals surface area contributed by atoms with Crippen molar-refractivity contribution in [2.24, 2.45) is 0 Å². The summed E-state index contributed by atoms with van der Waals surface area (Å²) in [7, 11) is 3.70. The highest BCUT2D eigenvalue weighted by Crippen LogP contribution is 2.28. The molecule has 0 unspecified atom stereocenters. The summed E-state index contributed by atoms with van der Waals surface area (Å²) < 4.78 is 5.18. The van der Waals surface area contributed by atoms with Gasteiger partial charge < -0.3 is 9.42 Å². The van der Waals surface area contributed by atoms with Gasteiger partial charge in [-0.05, 0) is 19.9 Å². The van der Waals surface area contributed by atoms with E-state index in [2.05, 4.69) is 5.16 Å².